The summed E-state index contributed by atoms with van der Waals surface area (Å²) in [5.74, 6) is 1.39. The Kier molecular flexibility index (Phi) is 4.11. The lowest BCUT2D eigenvalue weighted by molar-refractivity contribution is 0.00578. The minimum absolute atomic E-state index is 0.380. The summed E-state index contributed by atoms with van der Waals surface area (Å²) in [7, 11) is 2.78. The van der Waals surface area contributed by atoms with E-state index >= 15 is 0 Å². The van der Waals surface area contributed by atoms with Crippen molar-refractivity contribution in [2.75, 3.05) is 14.2 Å². The molecule has 1 heterocycles. The van der Waals surface area contributed by atoms with Gasteiger partial charge in [-0.3, -0.25) is 0 Å². The molecule has 0 radical (unpaired) electrons. The quantitative estimate of drug-likeness (QED) is 0.791. The van der Waals surface area contributed by atoms with Crippen LogP contribution in [0.5, 0.6) is 11.5 Å². The number of halogens is 1. The second-order valence-electron chi connectivity index (χ2n) is 5.82. The fraction of sp³-hybridized carbons (Fsp3) is 0.571. The second-order valence-corrected chi connectivity index (χ2v) is 6.67. The molecule has 0 unspecified atom stereocenters. The van der Waals surface area contributed by atoms with E-state index in [1.54, 1.807) is 14.2 Å². The Morgan fingerprint density at radius 2 is 1.45 bits per heavy atom. The first-order chi connectivity index (χ1) is 9.21. The Morgan fingerprint density at radius 3 is 1.90 bits per heavy atom. The fourth-order valence-electron chi connectivity index (χ4n) is 2.04. The Hall–Kier alpha value is -0.715. The van der Waals surface area contributed by atoms with Gasteiger partial charge in [-0.05, 0) is 49.7 Å². The first-order valence-electron chi connectivity index (χ1n) is 6.49. The molecular weight excluding hydrogens is 323 g/mol. The van der Waals surface area contributed by atoms with Crippen LogP contribution in [-0.4, -0.2) is 32.5 Å². The van der Waals surface area contributed by atoms with Crippen LogP contribution in [0.4, 0.5) is 0 Å². The van der Waals surface area contributed by atoms with E-state index in [1.165, 1.54) is 0 Å². The number of hydrogen-bond acceptors (Lipinski definition) is 4. The van der Waals surface area contributed by atoms with E-state index < -0.39 is 7.12 Å². The number of methoxy groups -OCH3 is 2. The molecule has 0 spiro atoms. The van der Waals surface area contributed by atoms with Gasteiger partial charge in [0.25, 0.3) is 0 Å². The summed E-state index contributed by atoms with van der Waals surface area (Å²) in [4.78, 5) is 0. The smallest absolute Gasteiger partial charge is 0.497 e. The highest BCUT2D eigenvalue weighted by Crippen LogP contribution is 2.38. The molecule has 4 nitrogen and oxygen atoms in total. The molecule has 1 aliphatic heterocycles. The lowest BCUT2D eigenvalue weighted by Gasteiger charge is -2.32. The second kappa shape index (κ2) is 5.24. The van der Waals surface area contributed by atoms with Gasteiger partial charge in [-0.1, -0.05) is 0 Å². The SMILES string of the molecule is COc1cc(OC)c(B2OC(C)(C)C(C)(C)O2)cc1Br. The van der Waals surface area contributed by atoms with Crippen molar-refractivity contribution in [3.8, 4) is 11.5 Å². The van der Waals surface area contributed by atoms with Gasteiger partial charge in [0.15, 0.2) is 0 Å². The van der Waals surface area contributed by atoms with Gasteiger partial charge in [0.05, 0.1) is 29.9 Å². The van der Waals surface area contributed by atoms with Gasteiger partial charge < -0.3 is 18.8 Å². The van der Waals surface area contributed by atoms with Crippen LogP contribution in [0.1, 0.15) is 27.7 Å². The monoisotopic (exact) mass is 342 g/mol. The third-order valence-electron chi connectivity index (χ3n) is 4.01. The van der Waals surface area contributed by atoms with E-state index in [4.69, 9.17) is 18.8 Å². The van der Waals surface area contributed by atoms with Gasteiger partial charge >= 0.3 is 7.12 Å². The third kappa shape index (κ3) is 2.56. The number of rotatable bonds is 3. The van der Waals surface area contributed by atoms with Crippen molar-refractivity contribution in [3.63, 3.8) is 0 Å². The van der Waals surface area contributed by atoms with E-state index in [9.17, 15) is 0 Å². The summed E-state index contributed by atoms with van der Waals surface area (Å²) < 4.78 is 23.7. The third-order valence-corrected chi connectivity index (χ3v) is 4.63. The molecule has 1 aliphatic rings. The van der Waals surface area contributed by atoms with Gasteiger partial charge in [0, 0.05) is 11.5 Å². The van der Waals surface area contributed by atoms with E-state index in [0.29, 0.717) is 11.5 Å². The van der Waals surface area contributed by atoms with Crippen LogP contribution in [0.2, 0.25) is 0 Å². The van der Waals surface area contributed by atoms with Crippen LogP contribution in [0.15, 0.2) is 16.6 Å². The van der Waals surface area contributed by atoms with Crippen LogP contribution in [0.25, 0.3) is 0 Å². The molecule has 1 fully saturated rings. The topological polar surface area (TPSA) is 36.9 Å². The van der Waals surface area contributed by atoms with Gasteiger partial charge in [-0.25, -0.2) is 0 Å². The van der Waals surface area contributed by atoms with Crippen molar-refractivity contribution >= 4 is 28.5 Å². The zero-order valence-corrected chi connectivity index (χ0v) is 14.3. The molecule has 2 rings (SSSR count). The van der Waals surface area contributed by atoms with E-state index in [2.05, 4.69) is 15.9 Å². The molecule has 0 aromatic heterocycles. The predicted octanol–water partition coefficient (Wildman–Crippen LogP) is 2.77. The molecule has 0 aliphatic carbocycles. The first kappa shape index (κ1) is 15.7. The van der Waals surface area contributed by atoms with Gasteiger partial charge in [0.2, 0.25) is 0 Å². The van der Waals surface area contributed by atoms with Gasteiger partial charge in [0.1, 0.15) is 11.5 Å². The number of ether oxygens (including phenoxy) is 2. The Balaban J connectivity index is 2.42. The first-order valence-corrected chi connectivity index (χ1v) is 7.28. The maximum Gasteiger partial charge on any atom is 0.498 e. The number of hydrogen-bond donors (Lipinski definition) is 0. The summed E-state index contributed by atoms with van der Waals surface area (Å²) in [5, 5.41) is 0. The molecule has 0 atom stereocenters. The average Bonchev–Trinajstić information content (AvgIpc) is 2.58. The van der Waals surface area contributed by atoms with E-state index in [0.717, 1.165) is 9.94 Å². The number of benzene rings is 1. The highest BCUT2D eigenvalue weighted by molar-refractivity contribution is 9.10. The van der Waals surface area contributed by atoms with Crippen LogP contribution >= 0.6 is 15.9 Å². The van der Waals surface area contributed by atoms with Crippen LogP contribution in [-0.2, 0) is 9.31 Å². The lowest BCUT2D eigenvalue weighted by Crippen LogP contribution is -2.41. The molecular formula is C14H20BBrO4. The Bertz CT molecular complexity index is 500. The molecule has 0 saturated carbocycles. The summed E-state index contributed by atoms with van der Waals surface area (Å²) in [6, 6.07) is 3.74. The summed E-state index contributed by atoms with van der Waals surface area (Å²) >= 11 is 3.48. The lowest BCUT2D eigenvalue weighted by atomic mass is 9.78. The van der Waals surface area contributed by atoms with Crippen molar-refractivity contribution in [2.45, 2.75) is 38.9 Å². The van der Waals surface area contributed by atoms with Crippen molar-refractivity contribution < 1.29 is 18.8 Å². The van der Waals surface area contributed by atoms with Gasteiger partial charge in [-0.2, -0.15) is 0 Å². The Labute approximate surface area is 129 Å². The maximum atomic E-state index is 6.06. The largest absolute Gasteiger partial charge is 0.498 e. The molecule has 0 amide bonds. The average molecular weight is 343 g/mol. The van der Waals surface area contributed by atoms with Gasteiger partial charge in [-0.15, -0.1) is 0 Å². The van der Waals surface area contributed by atoms with Crippen LogP contribution in [0.3, 0.4) is 0 Å². The van der Waals surface area contributed by atoms with Crippen molar-refractivity contribution in [2.24, 2.45) is 0 Å². The van der Waals surface area contributed by atoms with E-state index in [1.807, 2.05) is 39.8 Å². The molecule has 1 saturated heterocycles. The maximum absolute atomic E-state index is 6.06. The summed E-state index contributed by atoms with van der Waals surface area (Å²) in [5.41, 5.74) is 0.0864. The van der Waals surface area contributed by atoms with E-state index in [-0.39, 0.29) is 11.2 Å². The van der Waals surface area contributed by atoms with Crippen molar-refractivity contribution in [1.29, 1.82) is 0 Å². The molecule has 1 aromatic carbocycles. The molecule has 0 N–H and O–H groups in total. The minimum atomic E-state index is -0.461. The Morgan fingerprint density at radius 1 is 0.950 bits per heavy atom. The normalized spacial score (nSPS) is 20.1. The standard InChI is InChI=1S/C14H20BBrO4/c1-13(2)14(3,4)20-15(19-13)9-7-10(16)12(18-6)8-11(9)17-5/h7-8H,1-6H3. The highest BCUT2D eigenvalue weighted by atomic mass is 79.9. The minimum Gasteiger partial charge on any atom is -0.497 e. The zero-order chi connectivity index (χ0) is 15.1. The predicted molar refractivity (Wildman–Crippen MR) is 83.0 cm³/mol. The molecule has 20 heavy (non-hydrogen) atoms. The molecule has 0 bridgehead atoms. The summed E-state index contributed by atoms with van der Waals surface area (Å²) in [6.07, 6.45) is 0. The highest BCUT2D eigenvalue weighted by Gasteiger charge is 2.52. The fourth-order valence-corrected chi connectivity index (χ4v) is 2.56. The molecule has 110 valence electrons. The van der Waals surface area contributed by atoms with Crippen molar-refractivity contribution in [3.05, 3.63) is 16.6 Å². The summed E-state index contributed by atoms with van der Waals surface area (Å²) in [6.45, 7) is 8.10. The van der Waals surface area contributed by atoms with Crippen LogP contribution < -0.4 is 14.9 Å². The zero-order valence-electron chi connectivity index (χ0n) is 12.7. The molecule has 1 aromatic rings. The van der Waals surface area contributed by atoms with Crippen LogP contribution in [0, 0.1) is 0 Å². The molecule has 6 heteroatoms. The van der Waals surface area contributed by atoms with Crippen molar-refractivity contribution in [1.82, 2.24) is 0 Å².